The smallest absolute Gasteiger partial charge is 0.234 e. The van der Waals surface area contributed by atoms with E-state index in [2.05, 4.69) is 15.5 Å². The van der Waals surface area contributed by atoms with Crippen molar-refractivity contribution < 1.29 is 4.79 Å². The molecule has 142 valence electrons. The fourth-order valence-electron chi connectivity index (χ4n) is 2.63. The molecule has 4 rings (SSSR count). The maximum Gasteiger partial charge on any atom is 0.234 e. The quantitative estimate of drug-likeness (QED) is 0.446. The zero-order chi connectivity index (χ0) is 19.5. The number of thiophene rings is 1. The third kappa shape index (κ3) is 3.99. The number of aromatic nitrogens is 4. The van der Waals surface area contributed by atoms with Crippen LogP contribution in [-0.4, -0.2) is 31.2 Å². The van der Waals surface area contributed by atoms with Gasteiger partial charge < -0.3 is 5.32 Å². The number of thioether (sulfide) groups is 1. The SMILES string of the molecule is Cc1ccc(Cl)c(NC(=O)CSc2nnc(-c3cccs3)n2-n2cccc2)c1. The maximum absolute atomic E-state index is 12.4. The Bertz CT molecular complexity index is 1090. The predicted octanol–water partition coefficient (Wildman–Crippen LogP) is 4.81. The van der Waals surface area contributed by atoms with E-state index in [4.69, 9.17) is 11.6 Å². The van der Waals surface area contributed by atoms with Crippen LogP contribution in [0.5, 0.6) is 0 Å². The summed E-state index contributed by atoms with van der Waals surface area (Å²) in [6.07, 6.45) is 3.83. The van der Waals surface area contributed by atoms with Crippen LogP contribution in [-0.2, 0) is 4.79 Å². The number of aryl methyl sites for hydroxylation is 1. The lowest BCUT2D eigenvalue weighted by Gasteiger charge is -2.11. The van der Waals surface area contributed by atoms with E-state index in [0.29, 0.717) is 15.9 Å². The number of anilines is 1. The average molecular weight is 430 g/mol. The minimum Gasteiger partial charge on any atom is -0.324 e. The molecule has 0 radical (unpaired) electrons. The highest BCUT2D eigenvalue weighted by Crippen LogP contribution is 2.28. The largest absolute Gasteiger partial charge is 0.324 e. The summed E-state index contributed by atoms with van der Waals surface area (Å²) in [5.74, 6) is 0.766. The maximum atomic E-state index is 12.4. The van der Waals surface area contributed by atoms with Crippen LogP contribution >= 0.6 is 34.7 Å². The number of rotatable bonds is 6. The molecule has 28 heavy (non-hydrogen) atoms. The van der Waals surface area contributed by atoms with E-state index in [1.807, 2.05) is 70.4 Å². The molecule has 1 amide bonds. The molecule has 0 spiro atoms. The number of benzene rings is 1. The van der Waals surface area contributed by atoms with Crippen LogP contribution in [0.3, 0.4) is 0 Å². The molecular weight excluding hydrogens is 414 g/mol. The van der Waals surface area contributed by atoms with E-state index in [1.54, 1.807) is 17.4 Å². The molecule has 0 bridgehead atoms. The lowest BCUT2D eigenvalue weighted by atomic mass is 10.2. The molecular formula is C19H16ClN5OS2. The van der Waals surface area contributed by atoms with Crippen molar-refractivity contribution in [1.29, 1.82) is 0 Å². The third-order valence-electron chi connectivity index (χ3n) is 3.90. The lowest BCUT2D eigenvalue weighted by molar-refractivity contribution is -0.113. The van der Waals surface area contributed by atoms with Gasteiger partial charge in [0.25, 0.3) is 0 Å². The van der Waals surface area contributed by atoms with E-state index < -0.39 is 0 Å². The first-order chi connectivity index (χ1) is 13.6. The summed E-state index contributed by atoms with van der Waals surface area (Å²) < 4.78 is 3.79. The van der Waals surface area contributed by atoms with E-state index in [9.17, 15) is 4.79 Å². The van der Waals surface area contributed by atoms with Crippen LogP contribution in [0.15, 0.2) is 65.4 Å². The molecule has 3 aromatic heterocycles. The zero-order valence-corrected chi connectivity index (χ0v) is 17.3. The van der Waals surface area contributed by atoms with Gasteiger partial charge in [0, 0.05) is 12.4 Å². The van der Waals surface area contributed by atoms with Gasteiger partial charge in [-0.05, 0) is 48.2 Å². The second-order valence-corrected chi connectivity index (χ2v) is 8.28. The standard InChI is InChI=1S/C19H16ClN5OS2/c1-13-6-7-14(20)15(11-13)21-17(26)12-28-19-23-22-18(16-5-4-10-27-16)25(19)24-8-2-3-9-24/h2-11H,12H2,1H3,(H,21,26). The minimum absolute atomic E-state index is 0.155. The van der Waals surface area contributed by atoms with Gasteiger partial charge in [-0.2, -0.15) is 0 Å². The van der Waals surface area contributed by atoms with Gasteiger partial charge in [-0.3, -0.25) is 9.47 Å². The van der Waals surface area contributed by atoms with E-state index in [-0.39, 0.29) is 11.7 Å². The Balaban J connectivity index is 1.54. The molecule has 4 aromatic rings. The van der Waals surface area contributed by atoms with Crippen LogP contribution in [0.25, 0.3) is 10.7 Å². The normalized spacial score (nSPS) is 10.9. The number of nitrogens with zero attached hydrogens (tertiary/aromatic N) is 4. The first-order valence-corrected chi connectivity index (χ1v) is 10.7. The second-order valence-electron chi connectivity index (χ2n) is 5.98. The van der Waals surface area contributed by atoms with Gasteiger partial charge in [0.15, 0.2) is 5.82 Å². The summed E-state index contributed by atoms with van der Waals surface area (Å²) >= 11 is 9.07. The van der Waals surface area contributed by atoms with Crippen molar-refractivity contribution in [2.75, 3.05) is 11.1 Å². The number of amides is 1. The molecule has 1 aromatic carbocycles. The number of nitrogens with one attached hydrogen (secondary N) is 1. The van der Waals surface area contributed by atoms with E-state index in [0.717, 1.165) is 16.3 Å². The molecule has 0 saturated carbocycles. The molecule has 0 aliphatic carbocycles. The third-order valence-corrected chi connectivity index (χ3v) is 6.02. The van der Waals surface area contributed by atoms with Crippen LogP contribution in [0.4, 0.5) is 5.69 Å². The number of halogens is 1. The Hall–Kier alpha value is -2.55. The highest BCUT2D eigenvalue weighted by atomic mass is 35.5. The van der Waals surface area contributed by atoms with E-state index in [1.165, 1.54) is 11.8 Å². The highest BCUT2D eigenvalue weighted by molar-refractivity contribution is 7.99. The van der Waals surface area contributed by atoms with Gasteiger partial charge in [-0.25, -0.2) is 4.68 Å². The molecule has 9 heteroatoms. The van der Waals surface area contributed by atoms with Crippen LogP contribution < -0.4 is 5.32 Å². The van der Waals surface area contributed by atoms with Crippen molar-refractivity contribution in [2.24, 2.45) is 0 Å². The minimum atomic E-state index is -0.155. The Labute approximate surface area is 175 Å². The summed E-state index contributed by atoms with van der Waals surface area (Å²) in [5.41, 5.74) is 1.64. The monoisotopic (exact) mass is 429 g/mol. The van der Waals surface area contributed by atoms with Gasteiger partial charge in [0.1, 0.15) is 0 Å². The van der Waals surface area contributed by atoms with Crippen LogP contribution in [0, 0.1) is 6.92 Å². The number of carbonyl (C=O) groups is 1. The average Bonchev–Trinajstić information content (AvgIpc) is 3.43. The van der Waals surface area contributed by atoms with Crippen molar-refractivity contribution in [3.63, 3.8) is 0 Å². The Morgan fingerprint density at radius 1 is 1.21 bits per heavy atom. The molecule has 0 aliphatic heterocycles. The van der Waals surface area contributed by atoms with Gasteiger partial charge in [-0.15, -0.1) is 21.5 Å². The highest BCUT2D eigenvalue weighted by Gasteiger charge is 2.18. The number of carbonyl (C=O) groups excluding carboxylic acids is 1. The first-order valence-electron chi connectivity index (χ1n) is 8.43. The van der Waals surface area contributed by atoms with Crippen molar-refractivity contribution in [3.05, 3.63) is 70.8 Å². The zero-order valence-electron chi connectivity index (χ0n) is 14.9. The number of hydrogen-bond donors (Lipinski definition) is 1. The Morgan fingerprint density at radius 3 is 2.79 bits per heavy atom. The molecule has 0 saturated heterocycles. The summed E-state index contributed by atoms with van der Waals surface area (Å²) in [4.78, 5) is 13.4. The van der Waals surface area contributed by atoms with Gasteiger partial charge in [-0.1, -0.05) is 35.5 Å². The molecule has 0 atom stereocenters. The fourth-order valence-corrected chi connectivity index (χ4v) is 4.23. The summed E-state index contributed by atoms with van der Waals surface area (Å²) in [6.45, 7) is 1.95. The Kier molecular flexibility index (Phi) is 5.52. The second kappa shape index (κ2) is 8.22. The first kappa shape index (κ1) is 18.8. The lowest BCUT2D eigenvalue weighted by Crippen LogP contribution is -2.16. The molecule has 0 aliphatic rings. The summed E-state index contributed by atoms with van der Waals surface area (Å²) in [7, 11) is 0. The van der Waals surface area contributed by atoms with Gasteiger partial charge in [0.2, 0.25) is 11.1 Å². The molecule has 3 heterocycles. The van der Waals surface area contributed by atoms with Crippen molar-refractivity contribution in [3.8, 4) is 10.7 Å². The number of hydrogen-bond acceptors (Lipinski definition) is 5. The molecule has 1 N–H and O–H groups in total. The predicted molar refractivity (Wildman–Crippen MR) is 114 cm³/mol. The summed E-state index contributed by atoms with van der Waals surface area (Å²) in [6, 6.07) is 13.4. The topological polar surface area (TPSA) is 64.7 Å². The van der Waals surface area contributed by atoms with Crippen LogP contribution in [0.2, 0.25) is 5.02 Å². The fraction of sp³-hybridized carbons (Fsp3) is 0.105. The van der Waals surface area contributed by atoms with Crippen molar-refractivity contribution in [2.45, 2.75) is 12.1 Å². The van der Waals surface area contributed by atoms with Crippen LogP contribution in [0.1, 0.15) is 5.56 Å². The van der Waals surface area contributed by atoms with Crippen molar-refractivity contribution in [1.82, 2.24) is 19.5 Å². The molecule has 0 fully saturated rings. The van der Waals surface area contributed by atoms with Gasteiger partial charge >= 0.3 is 0 Å². The molecule has 0 unspecified atom stereocenters. The molecule has 6 nitrogen and oxygen atoms in total. The van der Waals surface area contributed by atoms with E-state index >= 15 is 0 Å². The van der Waals surface area contributed by atoms with Gasteiger partial charge in [0.05, 0.1) is 21.3 Å². The summed E-state index contributed by atoms with van der Waals surface area (Å²) in [5, 5.41) is 14.6. The Morgan fingerprint density at radius 2 is 2.04 bits per heavy atom. The van der Waals surface area contributed by atoms with Crippen molar-refractivity contribution >= 4 is 46.3 Å².